The minimum Gasteiger partial charge on any atom is -0.396 e. The summed E-state index contributed by atoms with van der Waals surface area (Å²) in [6.07, 6.45) is 3.61. The van der Waals surface area contributed by atoms with Gasteiger partial charge in [-0.3, -0.25) is 4.79 Å². The second-order valence-corrected chi connectivity index (χ2v) is 6.53. The maximum Gasteiger partial charge on any atom is 0.261 e. The van der Waals surface area contributed by atoms with Crippen molar-refractivity contribution in [2.24, 2.45) is 17.8 Å². The molecular weight excluding hydrogens is 246 g/mol. The van der Waals surface area contributed by atoms with Gasteiger partial charge in [-0.25, -0.2) is 0 Å². The Morgan fingerprint density at radius 1 is 1.50 bits per heavy atom. The van der Waals surface area contributed by atoms with Crippen molar-refractivity contribution in [3.63, 3.8) is 0 Å². The first kappa shape index (κ1) is 12.2. The Labute approximate surface area is 111 Å². The molecule has 0 spiro atoms. The summed E-state index contributed by atoms with van der Waals surface area (Å²) in [5.74, 6) is 1.51. The summed E-state index contributed by atoms with van der Waals surface area (Å²) < 4.78 is 0. The van der Waals surface area contributed by atoms with E-state index in [1.54, 1.807) is 0 Å². The summed E-state index contributed by atoms with van der Waals surface area (Å²) in [7, 11) is 0. The predicted octanol–water partition coefficient (Wildman–Crippen LogP) is 2.19. The van der Waals surface area contributed by atoms with Crippen molar-refractivity contribution < 1.29 is 9.90 Å². The number of aliphatic hydroxyl groups is 1. The van der Waals surface area contributed by atoms with Crippen LogP contribution in [0.15, 0.2) is 11.4 Å². The number of hydrogen-bond donors (Lipinski definition) is 2. The maximum absolute atomic E-state index is 12.2. The molecule has 1 aromatic heterocycles. The van der Waals surface area contributed by atoms with E-state index in [4.69, 9.17) is 0 Å². The van der Waals surface area contributed by atoms with E-state index in [-0.39, 0.29) is 24.5 Å². The largest absolute Gasteiger partial charge is 0.396 e. The monoisotopic (exact) mass is 265 g/mol. The van der Waals surface area contributed by atoms with Gasteiger partial charge in [-0.1, -0.05) is 0 Å². The van der Waals surface area contributed by atoms with Gasteiger partial charge in [0.2, 0.25) is 0 Å². The molecule has 0 saturated heterocycles. The predicted molar refractivity (Wildman–Crippen MR) is 71.7 cm³/mol. The molecule has 0 radical (unpaired) electrons. The Bertz CT molecular complexity index is 456. The molecule has 1 aromatic rings. The number of aryl methyl sites for hydroxylation is 1. The molecule has 3 nitrogen and oxygen atoms in total. The van der Waals surface area contributed by atoms with Gasteiger partial charge in [-0.2, -0.15) is 0 Å². The van der Waals surface area contributed by atoms with Gasteiger partial charge in [0.15, 0.2) is 0 Å². The summed E-state index contributed by atoms with van der Waals surface area (Å²) in [6.45, 7) is 2.17. The molecule has 1 heterocycles. The van der Waals surface area contributed by atoms with E-state index >= 15 is 0 Å². The highest BCUT2D eigenvalue weighted by molar-refractivity contribution is 7.12. The van der Waals surface area contributed by atoms with Gasteiger partial charge >= 0.3 is 0 Å². The van der Waals surface area contributed by atoms with E-state index in [1.165, 1.54) is 30.6 Å². The molecule has 2 aliphatic carbocycles. The number of nitrogens with one attached hydrogen (secondary N) is 1. The molecule has 1 amide bonds. The highest BCUT2D eigenvalue weighted by atomic mass is 32.1. The van der Waals surface area contributed by atoms with Crippen LogP contribution < -0.4 is 5.32 Å². The summed E-state index contributed by atoms with van der Waals surface area (Å²) in [5, 5.41) is 14.6. The van der Waals surface area contributed by atoms with Crippen molar-refractivity contribution in [1.82, 2.24) is 5.32 Å². The van der Waals surface area contributed by atoms with Crippen LogP contribution in [0.5, 0.6) is 0 Å². The van der Waals surface area contributed by atoms with Crippen LogP contribution in [0, 0.1) is 24.7 Å². The highest BCUT2D eigenvalue weighted by Gasteiger charge is 2.47. The Balaban J connectivity index is 1.73. The lowest BCUT2D eigenvalue weighted by molar-refractivity contribution is 0.0865. The second kappa shape index (κ2) is 4.67. The molecule has 4 atom stereocenters. The van der Waals surface area contributed by atoms with Crippen molar-refractivity contribution in [2.45, 2.75) is 32.2 Å². The van der Waals surface area contributed by atoms with Gasteiger partial charge in [0.05, 0.1) is 4.88 Å². The number of aliphatic hydroxyl groups excluding tert-OH is 1. The molecule has 2 saturated carbocycles. The average Bonchev–Trinajstić information content (AvgIpc) is 3.03. The van der Waals surface area contributed by atoms with Gasteiger partial charge in [-0.15, -0.1) is 11.3 Å². The number of fused-ring (bicyclic) bond motifs is 2. The molecule has 2 aliphatic rings. The molecule has 0 aliphatic heterocycles. The molecule has 2 fully saturated rings. The minimum absolute atomic E-state index is 0.0403. The quantitative estimate of drug-likeness (QED) is 0.880. The van der Waals surface area contributed by atoms with E-state index in [0.29, 0.717) is 11.8 Å². The molecule has 2 bridgehead atoms. The van der Waals surface area contributed by atoms with Gasteiger partial charge in [0.1, 0.15) is 0 Å². The van der Waals surface area contributed by atoms with E-state index in [1.807, 2.05) is 18.4 Å². The smallest absolute Gasteiger partial charge is 0.261 e. The number of hydrogen-bond acceptors (Lipinski definition) is 3. The van der Waals surface area contributed by atoms with Crippen LogP contribution in [0.25, 0.3) is 0 Å². The van der Waals surface area contributed by atoms with E-state index in [9.17, 15) is 9.90 Å². The first-order valence-electron chi connectivity index (χ1n) is 6.66. The molecular formula is C14H19NO2S. The third kappa shape index (κ3) is 1.88. The number of carbonyl (C=O) groups is 1. The summed E-state index contributed by atoms with van der Waals surface area (Å²) >= 11 is 1.50. The van der Waals surface area contributed by atoms with E-state index in [2.05, 4.69) is 5.32 Å². The SMILES string of the molecule is Cc1ccsc1C(=O)NC1C2CCC(C2)C1CO. The lowest BCUT2D eigenvalue weighted by Gasteiger charge is -2.30. The summed E-state index contributed by atoms with van der Waals surface area (Å²) in [6, 6.07) is 2.16. The Morgan fingerprint density at radius 3 is 2.94 bits per heavy atom. The number of amides is 1. The van der Waals surface area contributed by atoms with Crippen LogP contribution >= 0.6 is 11.3 Å². The van der Waals surface area contributed by atoms with Crippen LogP contribution in [-0.2, 0) is 0 Å². The van der Waals surface area contributed by atoms with Crippen LogP contribution in [0.1, 0.15) is 34.5 Å². The molecule has 18 heavy (non-hydrogen) atoms. The Hall–Kier alpha value is -0.870. The van der Waals surface area contributed by atoms with Crippen LogP contribution in [0.4, 0.5) is 0 Å². The standard InChI is InChI=1S/C14H19NO2S/c1-8-4-5-18-13(8)14(17)15-12-10-3-2-9(6-10)11(12)7-16/h4-5,9-12,16H,2-3,6-7H2,1H3,(H,15,17). The lowest BCUT2D eigenvalue weighted by Crippen LogP contribution is -2.45. The number of thiophene rings is 1. The minimum atomic E-state index is 0.0403. The van der Waals surface area contributed by atoms with Crippen molar-refractivity contribution in [2.75, 3.05) is 6.61 Å². The number of rotatable bonds is 3. The highest BCUT2D eigenvalue weighted by Crippen LogP contribution is 2.48. The van der Waals surface area contributed by atoms with Crippen molar-refractivity contribution in [3.8, 4) is 0 Å². The van der Waals surface area contributed by atoms with Crippen molar-refractivity contribution in [3.05, 3.63) is 21.9 Å². The van der Waals surface area contributed by atoms with E-state index < -0.39 is 0 Å². The van der Waals surface area contributed by atoms with Crippen LogP contribution in [0.3, 0.4) is 0 Å². The van der Waals surface area contributed by atoms with Gasteiger partial charge in [0.25, 0.3) is 5.91 Å². The fraction of sp³-hybridized carbons (Fsp3) is 0.643. The van der Waals surface area contributed by atoms with E-state index in [0.717, 1.165) is 10.4 Å². The second-order valence-electron chi connectivity index (χ2n) is 5.61. The molecule has 4 unspecified atom stereocenters. The molecule has 4 heteroatoms. The lowest BCUT2D eigenvalue weighted by atomic mass is 9.85. The van der Waals surface area contributed by atoms with Gasteiger partial charge in [-0.05, 0) is 55.0 Å². The third-order valence-corrected chi connectivity index (χ3v) is 5.68. The summed E-state index contributed by atoms with van der Waals surface area (Å²) in [4.78, 5) is 13.1. The fourth-order valence-electron chi connectivity index (χ4n) is 3.72. The zero-order valence-corrected chi connectivity index (χ0v) is 11.4. The van der Waals surface area contributed by atoms with Crippen LogP contribution in [-0.4, -0.2) is 23.7 Å². The first-order chi connectivity index (χ1) is 8.70. The zero-order chi connectivity index (χ0) is 12.7. The molecule has 2 N–H and O–H groups in total. The normalized spacial score (nSPS) is 33.9. The zero-order valence-electron chi connectivity index (χ0n) is 10.6. The maximum atomic E-state index is 12.2. The molecule has 0 aromatic carbocycles. The topological polar surface area (TPSA) is 49.3 Å². The Morgan fingerprint density at radius 2 is 2.28 bits per heavy atom. The molecule has 3 rings (SSSR count). The van der Waals surface area contributed by atoms with Gasteiger partial charge in [0, 0.05) is 18.6 Å². The summed E-state index contributed by atoms with van der Waals surface area (Å²) in [5.41, 5.74) is 1.04. The fourth-order valence-corrected chi connectivity index (χ4v) is 4.55. The van der Waals surface area contributed by atoms with Crippen molar-refractivity contribution >= 4 is 17.2 Å². The van der Waals surface area contributed by atoms with Crippen LogP contribution in [0.2, 0.25) is 0 Å². The Kier molecular flexibility index (Phi) is 3.16. The number of carbonyl (C=O) groups excluding carboxylic acids is 1. The van der Waals surface area contributed by atoms with Gasteiger partial charge < -0.3 is 10.4 Å². The molecule has 98 valence electrons. The average molecular weight is 265 g/mol. The third-order valence-electron chi connectivity index (χ3n) is 4.67. The van der Waals surface area contributed by atoms with Crippen molar-refractivity contribution in [1.29, 1.82) is 0 Å². The first-order valence-corrected chi connectivity index (χ1v) is 7.54.